The second kappa shape index (κ2) is 7.13. The quantitative estimate of drug-likeness (QED) is 0.877. The number of nitrogens with two attached hydrogens (primary N) is 1. The number of carbonyl (C=O) groups is 2. The second-order valence-electron chi connectivity index (χ2n) is 4.94. The zero-order valence-corrected chi connectivity index (χ0v) is 13.7. The Morgan fingerprint density at radius 1 is 1.48 bits per heavy atom. The molecule has 0 spiro atoms. The van der Waals surface area contributed by atoms with Crippen molar-refractivity contribution in [3.05, 3.63) is 27.7 Å². The summed E-state index contributed by atoms with van der Waals surface area (Å²) in [5.74, 6) is -0.210. The number of nitrogens with zero attached hydrogens (tertiary/aromatic N) is 1. The lowest BCUT2D eigenvalue weighted by Crippen LogP contribution is -2.45. The molecule has 7 heteroatoms. The molecule has 0 aliphatic carbocycles. The Labute approximate surface area is 136 Å². The number of hydrogen-bond acceptors (Lipinski definition) is 3. The number of carbonyl (C=O) groups excluding carboxylic acids is 2. The van der Waals surface area contributed by atoms with Crippen LogP contribution >= 0.6 is 27.5 Å². The van der Waals surface area contributed by atoms with E-state index in [-0.39, 0.29) is 24.3 Å². The first-order chi connectivity index (χ1) is 9.97. The van der Waals surface area contributed by atoms with E-state index in [0.29, 0.717) is 28.3 Å². The molecule has 5 nitrogen and oxygen atoms in total. The number of halogens is 2. The Kier molecular flexibility index (Phi) is 5.47. The summed E-state index contributed by atoms with van der Waals surface area (Å²) in [7, 11) is 0. The van der Waals surface area contributed by atoms with Crippen LogP contribution in [0.25, 0.3) is 0 Å². The van der Waals surface area contributed by atoms with Gasteiger partial charge >= 0.3 is 0 Å². The Bertz CT molecular complexity index is 553. The van der Waals surface area contributed by atoms with Crippen LogP contribution in [0.1, 0.15) is 12.8 Å². The SMILES string of the molecule is NC(=O)[C@H]1CCCN(C(=O)COc2ccc(Cl)cc2Br)C1. The molecule has 1 saturated heterocycles. The predicted molar refractivity (Wildman–Crippen MR) is 83.1 cm³/mol. The van der Waals surface area contributed by atoms with E-state index in [9.17, 15) is 9.59 Å². The van der Waals surface area contributed by atoms with Gasteiger partial charge in [-0.2, -0.15) is 0 Å². The van der Waals surface area contributed by atoms with Crippen molar-refractivity contribution in [3.8, 4) is 5.75 Å². The number of benzene rings is 1. The summed E-state index contributed by atoms with van der Waals surface area (Å²) in [6, 6.07) is 5.09. The summed E-state index contributed by atoms with van der Waals surface area (Å²) in [5, 5.41) is 0.584. The molecule has 1 aliphatic heterocycles. The van der Waals surface area contributed by atoms with E-state index in [0.717, 1.165) is 12.8 Å². The highest BCUT2D eigenvalue weighted by Crippen LogP contribution is 2.28. The van der Waals surface area contributed by atoms with E-state index in [2.05, 4.69) is 15.9 Å². The largest absolute Gasteiger partial charge is 0.483 e. The van der Waals surface area contributed by atoms with Crippen LogP contribution in [-0.2, 0) is 9.59 Å². The van der Waals surface area contributed by atoms with Crippen molar-refractivity contribution in [2.75, 3.05) is 19.7 Å². The van der Waals surface area contributed by atoms with E-state index in [1.165, 1.54) is 0 Å². The summed E-state index contributed by atoms with van der Waals surface area (Å²) in [6.07, 6.45) is 1.52. The van der Waals surface area contributed by atoms with Gasteiger partial charge in [-0.15, -0.1) is 0 Å². The van der Waals surface area contributed by atoms with Crippen LogP contribution in [0.2, 0.25) is 5.02 Å². The van der Waals surface area contributed by atoms with Crippen LogP contribution in [-0.4, -0.2) is 36.4 Å². The number of primary amides is 1. The number of piperidine rings is 1. The minimum Gasteiger partial charge on any atom is -0.483 e. The van der Waals surface area contributed by atoms with Crippen molar-refractivity contribution in [1.29, 1.82) is 0 Å². The summed E-state index contributed by atoms with van der Waals surface area (Å²) in [5.41, 5.74) is 5.30. The molecule has 1 aliphatic rings. The Morgan fingerprint density at radius 3 is 2.90 bits per heavy atom. The molecular formula is C14H16BrClN2O3. The smallest absolute Gasteiger partial charge is 0.260 e. The lowest BCUT2D eigenvalue weighted by molar-refractivity contribution is -0.136. The average Bonchev–Trinajstić information content (AvgIpc) is 2.46. The maximum atomic E-state index is 12.1. The highest BCUT2D eigenvalue weighted by atomic mass is 79.9. The van der Waals surface area contributed by atoms with Gasteiger partial charge in [0.25, 0.3) is 5.91 Å². The molecule has 0 saturated carbocycles. The number of ether oxygens (including phenoxy) is 1. The second-order valence-corrected chi connectivity index (χ2v) is 6.24. The summed E-state index contributed by atoms with van der Waals surface area (Å²) < 4.78 is 6.18. The van der Waals surface area contributed by atoms with Crippen molar-refractivity contribution < 1.29 is 14.3 Å². The van der Waals surface area contributed by atoms with E-state index in [4.69, 9.17) is 22.1 Å². The Hall–Kier alpha value is -1.27. The van der Waals surface area contributed by atoms with Gasteiger partial charge in [0.1, 0.15) is 5.75 Å². The standard InChI is InChI=1S/C14H16BrClN2O3/c15-11-6-10(16)3-4-12(11)21-8-13(19)18-5-1-2-9(7-18)14(17)20/h3-4,6,9H,1-2,5,7-8H2,(H2,17,20)/t9-/m0/s1. The lowest BCUT2D eigenvalue weighted by atomic mass is 9.97. The third-order valence-electron chi connectivity index (χ3n) is 3.42. The first kappa shape index (κ1) is 16.1. The van der Waals surface area contributed by atoms with Gasteiger partial charge in [0.05, 0.1) is 10.4 Å². The van der Waals surface area contributed by atoms with E-state index < -0.39 is 0 Å². The molecule has 1 aromatic rings. The minimum absolute atomic E-state index is 0.0777. The molecule has 0 bridgehead atoms. The molecule has 2 N–H and O–H groups in total. The zero-order chi connectivity index (χ0) is 15.4. The maximum Gasteiger partial charge on any atom is 0.260 e. The fraction of sp³-hybridized carbons (Fsp3) is 0.429. The third kappa shape index (κ3) is 4.35. The van der Waals surface area contributed by atoms with Gasteiger partial charge < -0.3 is 15.4 Å². The van der Waals surface area contributed by atoms with Crippen molar-refractivity contribution in [3.63, 3.8) is 0 Å². The molecule has 21 heavy (non-hydrogen) atoms. The molecule has 1 aromatic carbocycles. The van der Waals surface area contributed by atoms with Gasteiger partial charge in [-0.3, -0.25) is 9.59 Å². The summed E-state index contributed by atoms with van der Waals surface area (Å²) >= 11 is 9.17. The van der Waals surface area contributed by atoms with Crippen LogP contribution in [0.3, 0.4) is 0 Å². The van der Waals surface area contributed by atoms with Gasteiger partial charge in [0.2, 0.25) is 5.91 Å². The molecule has 0 unspecified atom stereocenters. The number of hydrogen-bond donors (Lipinski definition) is 1. The van der Waals surface area contributed by atoms with Crippen LogP contribution in [0.15, 0.2) is 22.7 Å². The van der Waals surface area contributed by atoms with Crippen molar-refractivity contribution in [2.24, 2.45) is 11.7 Å². The van der Waals surface area contributed by atoms with Crippen LogP contribution in [0.4, 0.5) is 0 Å². The van der Waals surface area contributed by atoms with Crippen molar-refractivity contribution in [2.45, 2.75) is 12.8 Å². The fourth-order valence-corrected chi connectivity index (χ4v) is 3.06. The van der Waals surface area contributed by atoms with Gasteiger partial charge in [-0.05, 0) is 47.0 Å². The highest BCUT2D eigenvalue weighted by Gasteiger charge is 2.27. The van der Waals surface area contributed by atoms with E-state index in [1.54, 1.807) is 23.1 Å². The molecule has 2 rings (SSSR count). The first-order valence-corrected chi connectivity index (χ1v) is 7.79. The van der Waals surface area contributed by atoms with Crippen LogP contribution in [0.5, 0.6) is 5.75 Å². The summed E-state index contributed by atoms with van der Waals surface area (Å²) in [6.45, 7) is 0.929. The monoisotopic (exact) mass is 374 g/mol. The average molecular weight is 376 g/mol. The normalized spacial score (nSPS) is 18.4. The van der Waals surface area contributed by atoms with Crippen molar-refractivity contribution in [1.82, 2.24) is 4.90 Å². The van der Waals surface area contributed by atoms with Gasteiger partial charge in [0, 0.05) is 18.1 Å². The van der Waals surface area contributed by atoms with Gasteiger partial charge in [-0.25, -0.2) is 0 Å². The molecule has 1 heterocycles. The first-order valence-electron chi connectivity index (χ1n) is 6.62. The van der Waals surface area contributed by atoms with Gasteiger partial charge in [0.15, 0.2) is 6.61 Å². The van der Waals surface area contributed by atoms with E-state index >= 15 is 0 Å². The summed E-state index contributed by atoms with van der Waals surface area (Å²) in [4.78, 5) is 25.0. The predicted octanol–water partition coefficient (Wildman–Crippen LogP) is 2.21. The zero-order valence-electron chi connectivity index (χ0n) is 11.4. The number of amides is 2. The fourth-order valence-electron chi connectivity index (χ4n) is 2.26. The lowest BCUT2D eigenvalue weighted by Gasteiger charge is -2.31. The molecule has 0 aromatic heterocycles. The topological polar surface area (TPSA) is 72.6 Å². The van der Waals surface area contributed by atoms with Crippen molar-refractivity contribution >= 4 is 39.3 Å². The Balaban J connectivity index is 1.90. The molecule has 114 valence electrons. The highest BCUT2D eigenvalue weighted by molar-refractivity contribution is 9.10. The third-order valence-corrected chi connectivity index (χ3v) is 4.28. The maximum absolute atomic E-state index is 12.1. The molecule has 1 atom stereocenters. The van der Waals surface area contributed by atoms with Gasteiger partial charge in [-0.1, -0.05) is 11.6 Å². The molecule has 1 fully saturated rings. The van der Waals surface area contributed by atoms with Crippen LogP contribution in [0, 0.1) is 5.92 Å². The molecule has 2 amide bonds. The Morgan fingerprint density at radius 2 is 2.24 bits per heavy atom. The molecule has 0 radical (unpaired) electrons. The molecular weight excluding hydrogens is 360 g/mol. The number of likely N-dealkylation sites (tertiary alicyclic amines) is 1. The van der Waals surface area contributed by atoms with Crippen LogP contribution < -0.4 is 10.5 Å². The minimum atomic E-state index is -0.353. The van der Waals surface area contributed by atoms with E-state index in [1.807, 2.05) is 0 Å². The number of rotatable bonds is 4.